The highest BCUT2D eigenvalue weighted by molar-refractivity contribution is 7.19. The predicted octanol–water partition coefficient (Wildman–Crippen LogP) is 4.09. The summed E-state index contributed by atoms with van der Waals surface area (Å²) in [4.78, 5) is 31.0. The fraction of sp³-hybridized carbons (Fsp3) is 0.316. The Hall–Kier alpha value is -2.47. The fourth-order valence-corrected chi connectivity index (χ4v) is 4.26. The largest absolute Gasteiger partial charge is 0.480 e. The topological polar surface area (TPSA) is 72.2 Å². The SMILES string of the molecule is CCC(C(=O)O)n1c(C)nc2sc(C)c(-c3ccc(C)cc3)c2c1=O. The smallest absolute Gasteiger partial charge is 0.326 e. The number of benzene rings is 1. The summed E-state index contributed by atoms with van der Waals surface area (Å²) in [6, 6.07) is 7.08. The molecule has 1 aromatic carbocycles. The van der Waals surface area contributed by atoms with E-state index in [0.29, 0.717) is 22.5 Å². The summed E-state index contributed by atoms with van der Waals surface area (Å²) in [6.45, 7) is 7.43. The highest BCUT2D eigenvalue weighted by atomic mass is 32.1. The van der Waals surface area contributed by atoms with Crippen molar-refractivity contribution in [2.75, 3.05) is 0 Å². The Bertz CT molecular complexity index is 1020. The molecule has 3 aromatic rings. The van der Waals surface area contributed by atoms with Crippen molar-refractivity contribution in [1.29, 1.82) is 0 Å². The zero-order chi connectivity index (χ0) is 18.3. The molecule has 0 aliphatic heterocycles. The highest BCUT2D eigenvalue weighted by Gasteiger charge is 2.25. The van der Waals surface area contributed by atoms with Gasteiger partial charge in [-0.2, -0.15) is 0 Å². The summed E-state index contributed by atoms with van der Waals surface area (Å²) >= 11 is 1.47. The molecule has 0 saturated heterocycles. The molecule has 2 aromatic heterocycles. The fourth-order valence-electron chi connectivity index (χ4n) is 3.18. The van der Waals surface area contributed by atoms with Gasteiger partial charge in [0, 0.05) is 10.4 Å². The van der Waals surface area contributed by atoms with E-state index in [1.54, 1.807) is 13.8 Å². The van der Waals surface area contributed by atoms with Gasteiger partial charge in [-0.05, 0) is 32.8 Å². The maximum Gasteiger partial charge on any atom is 0.326 e. The van der Waals surface area contributed by atoms with Crippen molar-refractivity contribution in [3.8, 4) is 11.1 Å². The van der Waals surface area contributed by atoms with Gasteiger partial charge in [0.05, 0.1) is 5.39 Å². The van der Waals surface area contributed by atoms with Gasteiger partial charge in [0.15, 0.2) is 0 Å². The summed E-state index contributed by atoms with van der Waals surface area (Å²) in [5.41, 5.74) is 2.67. The first-order valence-corrected chi connectivity index (χ1v) is 8.98. The summed E-state index contributed by atoms with van der Waals surface area (Å²) < 4.78 is 1.31. The summed E-state index contributed by atoms with van der Waals surface area (Å²) in [5, 5.41) is 10.00. The second-order valence-electron chi connectivity index (χ2n) is 6.18. The number of nitrogens with zero attached hydrogens (tertiary/aromatic N) is 2. The molecule has 0 radical (unpaired) electrons. The molecule has 2 heterocycles. The van der Waals surface area contributed by atoms with E-state index in [0.717, 1.165) is 21.6 Å². The number of rotatable bonds is 4. The van der Waals surface area contributed by atoms with Crippen molar-refractivity contribution in [2.24, 2.45) is 0 Å². The minimum absolute atomic E-state index is 0.281. The van der Waals surface area contributed by atoms with Crippen molar-refractivity contribution in [3.05, 3.63) is 50.9 Å². The molecule has 3 rings (SSSR count). The van der Waals surface area contributed by atoms with Gasteiger partial charge in [0.25, 0.3) is 5.56 Å². The molecular formula is C19H20N2O3S. The molecule has 0 amide bonds. The molecule has 0 spiro atoms. The van der Waals surface area contributed by atoms with Crippen LogP contribution in [0.1, 0.15) is 35.7 Å². The Morgan fingerprint density at radius 1 is 1.24 bits per heavy atom. The summed E-state index contributed by atoms with van der Waals surface area (Å²) in [5.74, 6) is -0.582. The Kier molecular flexibility index (Phi) is 4.47. The Balaban J connectivity index is 2.37. The lowest BCUT2D eigenvalue weighted by Gasteiger charge is -2.16. The highest BCUT2D eigenvalue weighted by Crippen LogP contribution is 2.36. The molecular weight excluding hydrogens is 336 g/mol. The van der Waals surface area contributed by atoms with Gasteiger partial charge in [-0.3, -0.25) is 9.36 Å². The van der Waals surface area contributed by atoms with Gasteiger partial charge in [-0.15, -0.1) is 11.3 Å². The number of carboxylic acids is 1. The first-order chi connectivity index (χ1) is 11.8. The van der Waals surface area contributed by atoms with Gasteiger partial charge in [-0.1, -0.05) is 36.8 Å². The number of fused-ring (bicyclic) bond motifs is 1. The van der Waals surface area contributed by atoms with E-state index >= 15 is 0 Å². The zero-order valence-electron chi connectivity index (χ0n) is 14.7. The van der Waals surface area contributed by atoms with Gasteiger partial charge >= 0.3 is 5.97 Å². The van der Waals surface area contributed by atoms with E-state index in [2.05, 4.69) is 4.98 Å². The van der Waals surface area contributed by atoms with Crippen LogP contribution in [-0.4, -0.2) is 20.6 Å². The average molecular weight is 356 g/mol. The van der Waals surface area contributed by atoms with E-state index < -0.39 is 12.0 Å². The molecule has 0 bridgehead atoms. The van der Waals surface area contributed by atoms with Gasteiger partial charge in [0.1, 0.15) is 16.7 Å². The number of aryl methyl sites for hydroxylation is 3. The minimum atomic E-state index is -1.02. The lowest BCUT2D eigenvalue weighted by atomic mass is 10.0. The molecule has 6 heteroatoms. The second kappa shape index (κ2) is 6.44. The van der Waals surface area contributed by atoms with Gasteiger partial charge in [-0.25, -0.2) is 9.78 Å². The number of aliphatic carboxylic acids is 1. The molecule has 1 unspecified atom stereocenters. The van der Waals surface area contributed by atoms with Crippen LogP contribution in [0.4, 0.5) is 0 Å². The molecule has 1 N–H and O–H groups in total. The molecule has 5 nitrogen and oxygen atoms in total. The zero-order valence-corrected chi connectivity index (χ0v) is 15.5. The lowest BCUT2D eigenvalue weighted by molar-refractivity contribution is -0.141. The average Bonchev–Trinajstić information content (AvgIpc) is 2.88. The number of aromatic nitrogens is 2. The third-order valence-electron chi connectivity index (χ3n) is 4.43. The van der Waals surface area contributed by atoms with Crippen molar-refractivity contribution in [2.45, 2.75) is 40.2 Å². The monoisotopic (exact) mass is 356 g/mol. The van der Waals surface area contributed by atoms with Crippen LogP contribution in [0.15, 0.2) is 29.1 Å². The number of hydrogen-bond donors (Lipinski definition) is 1. The van der Waals surface area contributed by atoms with Crippen LogP contribution in [0.3, 0.4) is 0 Å². The van der Waals surface area contributed by atoms with Crippen LogP contribution >= 0.6 is 11.3 Å². The molecule has 0 aliphatic rings. The first kappa shape index (κ1) is 17.4. The standard InChI is InChI=1S/C19H20N2O3S/c1-5-14(19(23)24)21-12(4)20-17-16(18(21)22)15(11(3)25-17)13-8-6-10(2)7-9-13/h6-9,14H,5H2,1-4H3,(H,23,24). The van der Waals surface area contributed by atoms with Crippen molar-refractivity contribution in [1.82, 2.24) is 9.55 Å². The van der Waals surface area contributed by atoms with Crippen LogP contribution in [0.5, 0.6) is 0 Å². The Morgan fingerprint density at radius 3 is 2.44 bits per heavy atom. The number of thiophene rings is 1. The molecule has 0 aliphatic carbocycles. The van der Waals surface area contributed by atoms with E-state index in [9.17, 15) is 14.7 Å². The van der Waals surface area contributed by atoms with Gasteiger partial charge < -0.3 is 5.11 Å². The van der Waals surface area contributed by atoms with Crippen molar-refractivity contribution >= 4 is 27.5 Å². The number of carboxylic acid groups (broad SMARTS) is 1. The van der Waals surface area contributed by atoms with Crippen molar-refractivity contribution < 1.29 is 9.90 Å². The predicted molar refractivity (Wildman–Crippen MR) is 100 cm³/mol. The molecule has 130 valence electrons. The lowest BCUT2D eigenvalue weighted by Crippen LogP contribution is -2.32. The van der Waals surface area contributed by atoms with Gasteiger partial charge in [0.2, 0.25) is 0 Å². The Labute approximate surface area is 149 Å². The maximum atomic E-state index is 13.2. The minimum Gasteiger partial charge on any atom is -0.480 e. The van der Waals surface area contributed by atoms with Crippen LogP contribution in [0, 0.1) is 20.8 Å². The molecule has 25 heavy (non-hydrogen) atoms. The van der Waals surface area contributed by atoms with Crippen LogP contribution in [0.25, 0.3) is 21.3 Å². The third kappa shape index (κ3) is 2.87. The molecule has 0 fully saturated rings. The normalized spacial score (nSPS) is 12.5. The number of carbonyl (C=O) groups is 1. The van der Waals surface area contributed by atoms with E-state index in [4.69, 9.17) is 0 Å². The summed E-state index contributed by atoms with van der Waals surface area (Å²) in [7, 11) is 0. The van der Waals surface area contributed by atoms with Crippen molar-refractivity contribution in [3.63, 3.8) is 0 Å². The number of hydrogen-bond acceptors (Lipinski definition) is 4. The third-order valence-corrected chi connectivity index (χ3v) is 5.43. The van der Waals surface area contributed by atoms with Crippen LogP contribution in [0.2, 0.25) is 0 Å². The first-order valence-electron chi connectivity index (χ1n) is 8.17. The molecule has 0 saturated carbocycles. The maximum absolute atomic E-state index is 13.2. The molecule has 1 atom stereocenters. The van der Waals surface area contributed by atoms with E-state index in [1.165, 1.54) is 15.9 Å². The second-order valence-corrected chi connectivity index (χ2v) is 7.38. The van der Waals surface area contributed by atoms with E-state index in [-0.39, 0.29) is 5.56 Å². The summed E-state index contributed by atoms with van der Waals surface area (Å²) in [6.07, 6.45) is 0.326. The van der Waals surface area contributed by atoms with E-state index in [1.807, 2.05) is 38.1 Å². The quantitative estimate of drug-likeness (QED) is 0.764. The van der Waals surface area contributed by atoms with Crippen LogP contribution < -0.4 is 5.56 Å². The Morgan fingerprint density at radius 2 is 1.88 bits per heavy atom. The van der Waals surface area contributed by atoms with Crippen LogP contribution in [-0.2, 0) is 4.79 Å².